The number of hydrogen-bond donors (Lipinski definition) is 2. The Hall–Kier alpha value is -2.48. The fourth-order valence-corrected chi connectivity index (χ4v) is 3.91. The molecule has 9 heteroatoms. The molecule has 0 saturated heterocycles. The highest BCUT2D eigenvalue weighted by Crippen LogP contribution is 2.35. The molecule has 0 unspecified atom stereocenters. The average molecular weight is 491 g/mol. The van der Waals surface area contributed by atoms with E-state index in [1.54, 1.807) is 25.1 Å². The lowest BCUT2D eigenvalue weighted by atomic mass is 10.1. The number of nitrogens with zero attached hydrogens (tertiary/aromatic N) is 2. The minimum atomic E-state index is -0.324. The van der Waals surface area contributed by atoms with Gasteiger partial charge in [0.25, 0.3) is 5.91 Å². The number of aromatic nitrogens is 2. The van der Waals surface area contributed by atoms with Gasteiger partial charge in [0, 0.05) is 17.6 Å². The third-order valence-electron chi connectivity index (χ3n) is 4.74. The first-order chi connectivity index (χ1) is 15.3. The summed E-state index contributed by atoms with van der Waals surface area (Å²) in [6.07, 6.45) is 3.76. The molecule has 0 aliphatic carbocycles. The van der Waals surface area contributed by atoms with Gasteiger partial charge in [-0.15, -0.1) is 11.8 Å². The smallest absolute Gasteiger partial charge is 0.255 e. The molecule has 32 heavy (non-hydrogen) atoms. The van der Waals surface area contributed by atoms with Crippen molar-refractivity contribution in [2.24, 2.45) is 0 Å². The van der Waals surface area contributed by atoms with Gasteiger partial charge in [0.15, 0.2) is 0 Å². The molecule has 3 rings (SSSR count). The summed E-state index contributed by atoms with van der Waals surface area (Å²) in [5.74, 6) is 0.911. The van der Waals surface area contributed by atoms with E-state index in [0.29, 0.717) is 17.9 Å². The van der Waals surface area contributed by atoms with Crippen LogP contribution in [0.5, 0.6) is 5.75 Å². The molecular weight excluding hydrogens is 467 g/mol. The summed E-state index contributed by atoms with van der Waals surface area (Å²) in [5, 5.41) is 6.51. The van der Waals surface area contributed by atoms with Gasteiger partial charge in [-0.05, 0) is 42.0 Å². The summed E-state index contributed by atoms with van der Waals surface area (Å²) in [6.45, 7) is 4.45. The number of nitrogens with one attached hydrogen (secondary N) is 2. The normalized spacial score (nSPS) is 10.8. The Balaban J connectivity index is 1.91. The topological polar surface area (TPSA) is 76.1 Å². The first-order valence-electron chi connectivity index (χ1n) is 9.91. The number of carbonyl (C=O) groups is 1. The number of methoxy groups -OCH3 is 1. The zero-order valence-electron chi connectivity index (χ0n) is 18.2. The van der Waals surface area contributed by atoms with Gasteiger partial charge in [-0.25, -0.2) is 4.98 Å². The first-order valence-corrected chi connectivity index (χ1v) is 11.9. The van der Waals surface area contributed by atoms with Crippen LogP contribution in [0, 0.1) is 0 Å². The Morgan fingerprint density at radius 2 is 1.91 bits per heavy atom. The van der Waals surface area contributed by atoms with Crippen molar-refractivity contribution < 1.29 is 9.53 Å². The van der Waals surface area contributed by atoms with Crippen LogP contribution in [-0.2, 0) is 6.54 Å². The van der Waals surface area contributed by atoms with Crippen molar-refractivity contribution in [1.82, 2.24) is 15.3 Å². The van der Waals surface area contributed by atoms with Gasteiger partial charge < -0.3 is 15.4 Å². The molecule has 2 N–H and O–H groups in total. The van der Waals surface area contributed by atoms with Crippen LogP contribution >= 0.6 is 35.0 Å². The second-order valence-corrected chi connectivity index (χ2v) is 8.85. The quantitative estimate of drug-likeness (QED) is 0.284. The zero-order chi connectivity index (χ0) is 23.3. The van der Waals surface area contributed by atoms with Gasteiger partial charge >= 0.3 is 0 Å². The molecule has 0 spiro atoms. The van der Waals surface area contributed by atoms with Crippen molar-refractivity contribution in [2.45, 2.75) is 31.2 Å². The minimum absolute atomic E-state index is 0.113. The first kappa shape index (κ1) is 24.2. The van der Waals surface area contributed by atoms with Crippen molar-refractivity contribution in [1.29, 1.82) is 0 Å². The monoisotopic (exact) mass is 490 g/mol. The number of pyridine rings is 2. The highest BCUT2D eigenvalue weighted by atomic mass is 35.5. The highest BCUT2D eigenvalue weighted by Gasteiger charge is 2.20. The summed E-state index contributed by atoms with van der Waals surface area (Å²) >= 11 is 14.0. The van der Waals surface area contributed by atoms with Crippen LogP contribution in [0.4, 0.5) is 11.5 Å². The van der Waals surface area contributed by atoms with E-state index < -0.39 is 0 Å². The molecule has 0 saturated carbocycles. The SMILES string of the molecule is COc1ccc(CNC(=O)c2cc(Cl)c(Cl)nc2Nc2c(SC)ccnc2C(C)C)cc1. The molecule has 0 aliphatic heterocycles. The molecule has 3 aromatic rings. The van der Waals surface area contributed by atoms with Crippen LogP contribution in [0.3, 0.4) is 0 Å². The van der Waals surface area contributed by atoms with Crippen molar-refractivity contribution in [2.75, 3.05) is 18.7 Å². The third-order valence-corrected chi connectivity index (χ3v) is 6.20. The fourth-order valence-electron chi connectivity index (χ4n) is 3.07. The van der Waals surface area contributed by atoms with Gasteiger partial charge in [-0.3, -0.25) is 9.78 Å². The maximum absolute atomic E-state index is 13.1. The largest absolute Gasteiger partial charge is 0.497 e. The lowest BCUT2D eigenvalue weighted by molar-refractivity contribution is 0.0951. The number of ether oxygens (including phenoxy) is 1. The van der Waals surface area contributed by atoms with E-state index >= 15 is 0 Å². The molecule has 0 fully saturated rings. The summed E-state index contributed by atoms with van der Waals surface area (Å²) in [4.78, 5) is 22.9. The van der Waals surface area contributed by atoms with Crippen LogP contribution in [0.1, 0.15) is 41.4 Å². The van der Waals surface area contributed by atoms with Crippen molar-refractivity contribution in [3.8, 4) is 5.75 Å². The Kier molecular flexibility index (Phi) is 8.23. The number of halogens is 2. The molecule has 1 aromatic carbocycles. The predicted octanol–water partition coefficient (Wildman–Crippen LogP) is 6.31. The van der Waals surface area contributed by atoms with Gasteiger partial charge in [-0.1, -0.05) is 49.2 Å². The van der Waals surface area contributed by atoms with Crippen LogP contribution in [0.2, 0.25) is 10.2 Å². The van der Waals surface area contributed by atoms with Crippen LogP contribution in [0.15, 0.2) is 47.5 Å². The van der Waals surface area contributed by atoms with Crippen LogP contribution in [0.25, 0.3) is 0 Å². The summed E-state index contributed by atoms with van der Waals surface area (Å²) < 4.78 is 5.17. The van der Waals surface area contributed by atoms with Gasteiger partial charge in [0.1, 0.15) is 16.7 Å². The highest BCUT2D eigenvalue weighted by molar-refractivity contribution is 7.98. The summed E-state index contributed by atoms with van der Waals surface area (Å²) in [5.41, 5.74) is 2.89. The molecule has 6 nitrogen and oxygen atoms in total. The summed E-state index contributed by atoms with van der Waals surface area (Å²) in [7, 11) is 1.61. The van der Waals surface area contributed by atoms with E-state index in [-0.39, 0.29) is 22.0 Å². The second-order valence-electron chi connectivity index (χ2n) is 7.24. The van der Waals surface area contributed by atoms with Crippen LogP contribution < -0.4 is 15.4 Å². The number of thioether (sulfide) groups is 1. The maximum atomic E-state index is 13.1. The van der Waals surface area contributed by atoms with Gasteiger partial charge in [-0.2, -0.15) is 0 Å². The molecule has 0 bridgehead atoms. The number of hydrogen-bond acceptors (Lipinski definition) is 6. The average Bonchev–Trinajstić information content (AvgIpc) is 2.79. The van der Waals surface area contributed by atoms with E-state index in [2.05, 4.69) is 34.4 Å². The minimum Gasteiger partial charge on any atom is -0.497 e. The number of rotatable bonds is 8. The molecular formula is C23H24Cl2N4O2S. The number of anilines is 2. The van der Waals surface area contributed by atoms with E-state index in [1.807, 2.05) is 36.6 Å². The summed E-state index contributed by atoms with van der Waals surface area (Å²) in [6, 6.07) is 10.9. The number of amides is 1. The molecule has 168 valence electrons. The maximum Gasteiger partial charge on any atom is 0.255 e. The van der Waals surface area contributed by atoms with Gasteiger partial charge in [0.05, 0.1) is 29.1 Å². The second kappa shape index (κ2) is 10.9. The third kappa shape index (κ3) is 5.65. The Morgan fingerprint density at radius 1 is 1.19 bits per heavy atom. The van der Waals surface area contributed by atoms with E-state index in [0.717, 1.165) is 27.6 Å². The fraction of sp³-hybridized carbons (Fsp3) is 0.261. The molecule has 2 aromatic heterocycles. The zero-order valence-corrected chi connectivity index (χ0v) is 20.5. The van der Waals surface area contributed by atoms with Crippen molar-refractivity contribution in [3.63, 3.8) is 0 Å². The Morgan fingerprint density at radius 3 is 2.53 bits per heavy atom. The van der Waals surface area contributed by atoms with Crippen molar-refractivity contribution in [3.05, 3.63) is 69.6 Å². The molecule has 0 atom stereocenters. The predicted molar refractivity (Wildman–Crippen MR) is 132 cm³/mol. The molecule has 1 amide bonds. The number of carbonyl (C=O) groups excluding carboxylic acids is 1. The van der Waals surface area contributed by atoms with Gasteiger partial charge in [0.2, 0.25) is 0 Å². The number of benzene rings is 1. The molecule has 0 aliphatic rings. The Bertz CT molecular complexity index is 1110. The molecule has 2 heterocycles. The van der Waals surface area contributed by atoms with E-state index in [4.69, 9.17) is 27.9 Å². The van der Waals surface area contributed by atoms with E-state index in [9.17, 15) is 4.79 Å². The van der Waals surface area contributed by atoms with Crippen molar-refractivity contribution >= 4 is 52.4 Å². The van der Waals surface area contributed by atoms with Crippen LogP contribution in [-0.4, -0.2) is 29.2 Å². The Labute approximate surface area is 202 Å². The lowest BCUT2D eigenvalue weighted by Crippen LogP contribution is -2.24. The lowest BCUT2D eigenvalue weighted by Gasteiger charge is -2.18. The molecule has 0 radical (unpaired) electrons. The standard InChI is InChI=1S/C23H24Cl2N4O2S/c1-13(2)19-20(18(32-4)9-10-26-19)28-22-16(11-17(24)21(25)29-22)23(30)27-12-14-5-7-15(31-3)8-6-14/h5-11,13H,12H2,1-4H3,(H,27,30)(H,28,29). The van der Waals surface area contributed by atoms with E-state index in [1.165, 1.54) is 6.07 Å².